The maximum atomic E-state index is 11.8. The van der Waals surface area contributed by atoms with Crippen molar-refractivity contribution in [3.63, 3.8) is 0 Å². The van der Waals surface area contributed by atoms with Crippen LogP contribution in [-0.2, 0) is 4.79 Å². The molecule has 3 nitrogen and oxygen atoms in total. The highest BCUT2D eigenvalue weighted by Crippen LogP contribution is 2.15. The first-order valence-corrected chi connectivity index (χ1v) is 7.23. The molecule has 1 atom stereocenters. The van der Waals surface area contributed by atoms with Gasteiger partial charge in [0.05, 0.1) is 6.54 Å². The van der Waals surface area contributed by atoms with Gasteiger partial charge in [-0.3, -0.25) is 4.79 Å². The molecule has 0 aliphatic carbocycles. The second-order valence-electron chi connectivity index (χ2n) is 4.33. The predicted octanol–water partition coefficient (Wildman–Crippen LogP) is 3.56. The SMILES string of the molecule is CCCC(CC)NCC(=O)Nc1cccc(Br)c1. The van der Waals surface area contributed by atoms with Crippen LogP contribution in [-0.4, -0.2) is 18.5 Å². The molecule has 18 heavy (non-hydrogen) atoms. The van der Waals surface area contributed by atoms with Crippen LogP contribution in [0, 0.1) is 0 Å². The zero-order valence-corrected chi connectivity index (χ0v) is 12.6. The summed E-state index contributed by atoms with van der Waals surface area (Å²) >= 11 is 3.38. The molecule has 4 heteroatoms. The van der Waals surface area contributed by atoms with Gasteiger partial charge in [0.25, 0.3) is 0 Å². The first-order valence-electron chi connectivity index (χ1n) is 6.44. The van der Waals surface area contributed by atoms with E-state index in [1.807, 2.05) is 24.3 Å². The molecule has 100 valence electrons. The van der Waals surface area contributed by atoms with Crippen molar-refractivity contribution >= 4 is 27.5 Å². The molecule has 0 radical (unpaired) electrons. The Morgan fingerprint density at radius 3 is 2.78 bits per heavy atom. The maximum Gasteiger partial charge on any atom is 0.238 e. The van der Waals surface area contributed by atoms with Gasteiger partial charge in [-0.25, -0.2) is 0 Å². The van der Waals surface area contributed by atoms with Crippen molar-refractivity contribution in [1.29, 1.82) is 0 Å². The minimum Gasteiger partial charge on any atom is -0.325 e. The first-order chi connectivity index (χ1) is 8.65. The van der Waals surface area contributed by atoms with Gasteiger partial charge in [0.15, 0.2) is 0 Å². The fourth-order valence-corrected chi connectivity index (χ4v) is 2.21. The molecule has 0 heterocycles. The van der Waals surface area contributed by atoms with Gasteiger partial charge < -0.3 is 10.6 Å². The third-order valence-corrected chi connectivity index (χ3v) is 3.28. The Bertz CT molecular complexity index is 382. The van der Waals surface area contributed by atoms with Crippen LogP contribution < -0.4 is 10.6 Å². The highest BCUT2D eigenvalue weighted by atomic mass is 79.9. The lowest BCUT2D eigenvalue weighted by Gasteiger charge is -2.15. The summed E-state index contributed by atoms with van der Waals surface area (Å²) in [4.78, 5) is 11.8. The zero-order valence-electron chi connectivity index (χ0n) is 11.0. The number of amides is 1. The molecule has 2 N–H and O–H groups in total. The predicted molar refractivity (Wildman–Crippen MR) is 79.8 cm³/mol. The molecule has 1 unspecified atom stereocenters. The molecule has 1 aromatic carbocycles. The van der Waals surface area contributed by atoms with Crippen LogP contribution in [0.25, 0.3) is 0 Å². The van der Waals surface area contributed by atoms with Gasteiger partial charge >= 0.3 is 0 Å². The third kappa shape index (κ3) is 5.65. The van der Waals surface area contributed by atoms with E-state index in [1.165, 1.54) is 0 Å². The van der Waals surface area contributed by atoms with Crippen molar-refractivity contribution in [1.82, 2.24) is 5.32 Å². The van der Waals surface area contributed by atoms with Crippen molar-refractivity contribution in [2.24, 2.45) is 0 Å². The summed E-state index contributed by atoms with van der Waals surface area (Å²) < 4.78 is 0.964. The highest BCUT2D eigenvalue weighted by molar-refractivity contribution is 9.10. The molecule has 0 fully saturated rings. The van der Waals surface area contributed by atoms with Crippen molar-refractivity contribution in [2.45, 2.75) is 39.2 Å². The van der Waals surface area contributed by atoms with Crippen LogP contribution in [0.15, 0.2) is 28.7 Å². The number of hydrogen-bond donors (Lipinski definition) is 2. The van der Waals surface area contributed by atoms with E-state index in [-0.39, 0.29) is 5.91 Å². The van der Waals surface area contributed by atoms with E-state index in [0.717, 1.165) is 29.4 Å². The number of hydrogen-bond acceptors (Lipinski definition) is 2. The molecule has 1 rings (SSSR count). The molecule has 0 spiro atoms. The summed E-state index contributed by atoms with van der Waals surface area (Å²) in [5, 5.41) is 6.15. The summed E-state index contributed by atoms with van der Waals surface area (Å²) in [5.74, 6) is 0.00246. The van der Waals surface area contributed by atoms with Gasteiger partial charge in [-0.2, -0.15) is 0 Å². The topological polar surface area (TPSA) is 41.1 Å². The Morgan fingerprint density at radius 2 is 2.17 bits per heavy atom. The lowest BCUT2D eigenvalue weighted by Crippen LogP contribution is -2.35. The Labute approximate surface area is 117 Å². The number of rotatable bonds is 7. The van der Waals surface area contributed by atoms with Crippen LogP contribution in [0.2, 0.25) is 0 Å². The fraction of sp³-hybridized carbons (Fsp3) is 0.500. The molecule has 1 amide bonds. The van der Waals surface area contributed by atoms with Gasteiger partial charge in [-0.05, 0) is 31.0 Å². The van der Waals surface area contributed by atoms with Gasteiger partial charge in [0, 0.05) is 16.2 Å². The molecular weight excluding hydrogens is 292 g/mol. The summed E-state index contributed by atoms with van der Waals surface area (Å²) in [5.41, 5.74) is 0.819. The number of anilines is 1. The van der Waals surface area contributed by atoms with E-state index in [0.29, 0.717) is 12.6 Å². The van der Waals surface area contributed by atoms with E-state index < -0.39 is 0 Å². The number of carbonyl (C=O) groups excluding carboxylic acids is 1. The minimum absolute atomic E-state index is 0.00246. The maximum absolute atomic E-state index is 11.8. The fourth-order valence-electron chi connectivity index (χ4n) is 1.81. The van der Waals surface area contributed by atoms with Crippen molar-refractivity contribution in [2.75, 3.05) is 11.9 Å². The second-order valence-corrected chi connectivity index (χ2v) is 5.25. The molecular formula is C14H21BrN2O. The summed E-state index contributed by atoms with van der Waals surface area (Å²) in [6, 6.07) is 8.04. The van der Waals surface area contributed by atoms with E-state index in [1.54, 1.807) is 0 Å². The number of carbonyl (C=O) groups is 1. The van der Waals surface area contributed by atoms with Gasteiger partial charge in [0.1, 0.15) is 0 Å². The van der Waals surface area contributed by atoms with Crippen LogP contribution in [0.3, 0.4) is 0 Å². The van der Waals surface area contributed by atoms with Gasteiger partial charge in [-0.1, -0.05) is 42.3 Å². The van der Waals surface area contributed by atoms with Crippen LogP contribution in [0.1, 0.15) is 33.1 Å². The molecule has 0 bridgehead atoms. The second kappa shape index (κ2) is 8.27. The minimum atomic E-state index is 0.00246. The monoisotopic (exact) mass is 312 g/mol. The average molecular weight is 313 g/mol. The largest absolute Gasteiger partial charge is 0.325 e. The summed E-state index contributed by atoms with van der Waals surface area (Å²) in [7, 11) is 0. The summed E-state index contributed by atoms with van der Waals surface area (Å²) in [6.45, 7) is 4.66. The quantitative estimate of drug-likeness (QED) is 0.808. The standard InChI is InChI=1S/C14H21BrN2O/c1-3-6-12(4-2)16-10-14(18)17-13-8-5-7-11(15)9-13/h5,7-9,12,16H,3-4,6,10H2,1-2H3,(H,17,18). The van der Waals surface area contributed by atoms with Crippen molar-refractivity contribution < 1.29 is 4.79 Å². The normalized spacial score (nSPS) is 12.2. The van der Waals surface area contributed by atoms with E-state index >= 15 is 0 Å². The number of halogens is 1. The Morgan fingerprint density at radius 1 is 1.39 bits per heavy atom. The highest BCUT2D eigenvalue weighted by Gasteiger charge is 2.07. The van der Waals surface area contributed by atoms with Crippen molar-refractivity contribution in [3.05, 3.63) is 28.7 Å². The van der Waals surface area contributed by atoms with Gasteiger partial charge in [0.2, 0.25) is 5.91 Å². The number of benzene rings is 1. The summed E-state index contributed by atoms with van der Waals surface area (Å²) in [6.07, 6.45) is 3.30. The zero-order chi connectivity index (χ0) is 13.4. The lowest BCUT2D eigenvalue weighted by atomic mass is 10.1. The smallest absolute Gasteiger partial charge is 0.238 e. The van der Waals surface area contributed by atoms with Gasteiger partial charge in [-0.15, -0.1) is 0 Å². The molecule has 0 saturated carbocycles. The van der Waals surface area contributed by atoms with Crippen LogP contribution in [0.4, 0.5) is 5.69 Å². The lowest BCUT2D eigenvalue weighted by molar-refractivity contribution is -0.115. The molecule has 0 saturated heterocycles. The molecule has 0 aromatic heterocycles. The molecule has 0 aliphatic heterocycles. The van der Waals surface area contributed by atoms with E-state index in [4.69, 9.17) is 0 Å². The van der Waals surface area contributed by atoms with E-state index in [2.05, 4.69) is 40.4 Å². The first kappa shape index (κ1) is 15.2. The van der Waals surface area contributed by atoms with Crippen LogP contribution >= 0.6 is 15.9 Å². The third-order valence-electron chi connectivity index (χ3n) is 2.79. The van der Waals surface area contributed by atoms with Crippen molar-refractivity contribution in [3.8, 4) is 0 Å². The number of nitrogens with one attached hydrogen (secondary N) is 2. The Hall–Kier alpha value is -0.870. The Balaban J connectivity index is 2.37. The molecule has 0 aliphatic rings. The Kier molecular flexibility index (Phi) is 6.98. The van der Waals surface area contributed by atoms with E-state index in [9.17, 15) is 4.79 Å². The average Bonchev–Trinajstić information content (AvgIpc) is 2.34. The van der Waals surface area contributed by atoms with Crippen LogP contribution in [0.5, 0.6) is 0 Å². The molecule has 1 aromatic rings.